The van der Waals surface area contributed by atoms with Crippen LogP contribution in [0.3, 0.4) is 0 Å². The van der Waals surface area contributed by atoms with E-state index in [1.54, 1.807) is 18.2 Å². The Labute approximate surface area is 154 Å². The van der Waals surface area contributed by atoms with Gasteiger partial charge in [-0.05, 0) is 31.4 Å². The zero-order chi connectivity index (χ0) is 18.9. The molecule has 0 spiro atoms. The molecule has 1 aromatic carbocycles. The van der Waals surface area contributed by atoms with Gasteiger partial charge in [-0.1, -0.05) is 25.3 Å². The number of hydrogen-bond acceptors (Lipinski definition) is 5. The van der Waals surface area contributed by atoms with Crippen LogP contribution in [0.5, 0.6) is 11.5 Å². The summed E-state index contributed by atoms with van der Waals surface area (Å²) >= 11 is 0. The minimum atomic E-state index is -0.574. The van der Waals surface area contributed by atoms with Crippen molar-refractivity contribution in [1.29, 1.82) is 0 Å². The summed E-state index contributed by atoms with van der Waals surface area (Å²) in [5, 5.41) is 2.92. The molecule has 1 aliphatic rings. The van der Waals surface area contributed by atoms with Gasteiger partial charge < -0.3 is 19.5 Å². The number of methoxy groups -OCH3 is 2. The van der Waals surface area contributed by atoms with Crippen LogP contribution in [0.15, 0.2) is 24.8 Å². The Morgan fingerprint density at radius 1 is 1.19 bits per heavy atom. The normalized spacial score (nSPS) is 14.4. The minimum absolute atomic E-state index is 0.190. The van der Waals surface area contributed by atoms with Crippen molar-refractivity contribution in [3.63, 3.8) is 0 Å². The highest BCUT2D eigenvalue weighted by molar-refractivity contribution is 5.92. The lowest BCUT2D eigenvalue weighted by atomic mass is 9.95. The molecule has 6 nitrogen and oxygen atoms in total. The molecule has 1 aromatic rings. The fourth-order valence-corrected chi connectivity index (χ4v) is 3.20. The van der Waals surface area contributed by atoms with Crippen molar-refractivity contribution in [2.75, 3.05) is 20.8 Å². The molecular formula is C20H27NO5. The first-order valence-electron chi connectivity index (χ1n) is 8.91. The van der Waals surface area contributed by atoms with Crippen molar-refractivity contribution >= 4 is 11.9 Å². The highest BCUT2D eigenvalue weighted by Crippen LogP contribution is 2.33. The molecule has 142 valence electrons. The molecule has 26 heavy (non-hydrogen) atoms. The standard InChI is InChI=1S/C20H27NO5/c1-4-8-14-11-15(12-17(24-2)19(14)25-3)20(23)26-13-18(22)21-16-9-6-5-7-10-16/h4,11-12,16H,1,5-10,13H2,2-3H3,(H,21,22). The number of nitrogens with one attached hydrogen (secondary N) is 1. The van der Waals surface area contributed by atoms with E-state index in [4.69, 9.17) is 14.2 Å². The van der Waals surface area contributed by atoms with Gasteiger partial charge in [-0.2, -0.15) is 0 Å². The second kappa shape index (κ2) is 9.85. The predicted molar refractivity (Wildman–Crippen MR) is 98.7 cm³/mol. The quantitative estimate of drug-likeness (QED) is 0.569. The summed E-state index contributed by atoms with van der Waals surface area (Å²) in [6.45, 7) is 3.42. The SMILES string of the molecule is C=CCc1cc(C(=O)OCC(=O)NC2CCCCC2)cc(OC)c1OC. The molecule has 2 rings (SSSR count). The van der Waals surface area contributed by atoms with E-state index in [0.717, 1.165) is 31.2 Å². The lowest BCUT2D eigenvalue weighted by Crippen LogP contribution is -2.38. The number of benzene rings is 1. The fourth-order valence-electron chi connectivity index (χ4n) is 3.20. The molecule has 0 aromatic heterocycles. The number of esters is 1. The van der Waals surface area contributed by atoms with Gasteiger partial charge in [0.05, 0.1) is 19.8 Å². The molecule has 1 aliphatic carbocycles. The number of carbonyl (C=O) groups is 2. The lowest BCUT2D eigenvalue weighted by Gasteiger charge is -2.22. The second-order valence-electron chi connectivity index (χ2n) is 6.34. The monoisotopic (exact) mass is 361 g/mol. The van der Waals surface area contributed by atoms with Crippen molar-refractivity contribution in [2.24, 2.45) is 0 Å². The third-order valence-electron chi connectivity index (χ3n) is 4.46. The number of rotatable bonds is 8. The number of ether oxygens (including phenoxy) is 3. The first-order valence-corrected chi connectivity index (χ1v) is 8.91. The van der Waals surface area contributed by atoms with Crippen LogP contribution in [0.2, 0.25) is 0 Å². The molecule has 1 fully saturated rings. The molecule has 0 saturated heterocycles. The van der Waals surface area contributed by atoms with Gasteiger partial charge in [-0.25, -0.2) is 4.79 Å². The van der Waals surface area contributed by atoms with E-state index in [2.05, 4.69) is 11.9 Å². The average Bonchev–Trinajstić information content (AvgIpc) is 2.66. The fraction of sp³-hybridized carbons (Fsp3) is 0.500. The first kappa shape index (κ1) is 19.8. The molecular weight excluding hydrogens is 334 g/mol. The molecule has 0 bridgehead atoms. The summed E-state index contributed by atoms with van der Waals surface area (Å²) in [5.74, 6) is 0.150. The highest BCUT2D eigenvalue weighted by Gasteiger charge is 2.19. The van der Waals surface area contributed by atoms with Crippen molar-refractivity contribution in [3.05, 3.63) is 35.9 Å². The molecule has 1 saturated carbocycles. The van der Waals surface area contributed by atoms with Crippen LogP contribution in [0.25, 0.3) is 0 Å². The van der Waals surface area contributed by atoms with Crippen molar-refractivity contribution in [3.8, 4) is 11.5 Å². The molecule has 1 amide bonds. The topological polar surface area (TPSA) is 73.9 Å². The van der Waals surface area contributed by atoms with Crippen LogP contribution < -0.4 is 14.8 Å². The smallest absolute Gasteiger partial charge is 0.338 e. The van der Waals surface area contributed by atoms with E-state index in [0.29, 0.717) is 23.5 Å². The van der Waals surface area contributed by atoms with Gasteiger partial charge in [0, 0.05) is 11.6 Å². The van der Waals surface area contributed by atoms with E-state index in [-0.39, 0.29) is 18.6 Å². The number of hydrogen-bond donors (Lipinski definition) is 1. The lowest BCUT2D eigenvalue weighted by molar-refractivity contribution is -0.125. The van der Waals surface area contributed by atoms with Gasteiger partial charge in [0.25, 0.3) is 5.91 Å². The molecule has 0 unspecified atom stereocenters. The Balaban J connectivity index is 2.00. The van der Waals surface area contributed by atoms with Gasteiger partial charge in [-0.15, -0.1) is 6.58 Å². The van der Waals surface area contributed by atoms with Crippen LogP contribution in [0.1, 0.15) is 48.0 Å². The Kier molecular flexibility index (Phi) is 7.51. The van der Waals surface area contributed by atoms with Crippen LogP contribution in [-0.4, -0.2) is 38.7 Å². The molecule has 0 aliphatic heterocycles. The zero-order valence-electron chi connectivity index (χ0n) is 15.5. The van der Waals surface area contributed by atoms with E-state index >= 15 is 0 Å². The van der Waals surface area contributed by atoms with Gasteiger partial charge >= 0.3 is 5.97 Å². The summed E-state index contributed by atoms with van der Waals surface area (Å²) in [6.07, 6.45) is 7.67. The van der Waals surface area contributed by atoms with Crippen molar-refractivity contribution in [1.82, 2.24) is 5.32 Å². The van der Waals surface area contributed by atoms with Gasteiger partial charge in [0.2, 0.25) is 0 Å². The Hall–Kier alpha value is -2.50. The summed E-state index contributed by atoms with van der Waals surface area (Å²) in [5.41, 5.74) is 1.07. The highest BCUT2D eigenvalue weighted by atomic mass is 16.5. The van der Waals surface area contributed by atoms with Gasteiger partial charge in [0.15, 0.2) is 18.1 Å². The minimum Gasteiger partial charge on any atom is -0.493 e. The maximum Gasteiger partial charge on any atom is 0.338 e. The molecule has 0 atom stereocenters. The molecule has 0 radical (unpaired) electrons. The van der Waals surface area contributed by atoms with Gasteiger partial charge in [0.1, 0.15) is 0 Å². The van der Waals surface area contributed by atoms with Crippen molar-refractivity contribution < 1.29 is 23.8 Å². The summed E-state index contributed by atoms with van der Waals surface area (Å²) in [7, 11) is 3.04. The average molecular weight is 361 g/mol. The zero-order valence-corrected chi connectivity index (χ0v) is 15.5. The third-order valence-corrected chi connectivity index (χ3v) is 4.46. The van der Waals surface area contributed by atoms with Crippen LogP contribution >= 0.6 is 0 Å². The summed E-state index contributed by atoms with van der Waals surface area (Å²) < 4.78 is 15.8. The summed E-state index contributed by atoms with van der Waals surface area (Å²) in [4.78, 5) is 24.3. The van der Waals surface area contributed by atoms with Crippen molar-refractivity contribution in [2.45, 2.75) is 44.6 Å². The summed E-state index contributed by atoms with van der Waals surface area (Å²) in [6, 6.07) is 3.41. The van der Waals surface area contributed by atoms with Crippen LogP contribution in [0, 0.1) is 0 Å². The Morgan fingerprint density at radius 3 is 2.54 bits per heavy atom. The molecule has 6 heteroatoms. The van der Waals surface area contributed by atoms with E-state index in [9.17, 15) is 9.59 Å². The Bertz CT molecular complexity index is 650. The number of carbonyl (C=O) groups excluding carboxylic acids is 2. The van der Waals surface area contributed by atoms with E-state index < -0.39 is 5.97 Å². The Morgan fingerprint density at radius 2 is 1.92 bits per heavy atom. The second-order valence-corrected chi connectivity index (χ2v) is 6.34. The first-order chi connectivity index (χ1) is 12.6. The number of allylic oxidation sites excluding steroid dienone is 1. The molecule has 1 N–H and O–H groups in total. The van der Waals surface area contributed by atoms with E-state index in [1.807, 2.05) is 0 Å². The predicted octanol–water partition coefficient (Wildman–Crippen LogP) is 3.04. The number of amides is 1. The van der Waals surface area contributed by atoms with Gasteiger partial charge in [-0.3, -0.25) is 4.79 Å². The maximum atomic E-state index is 12.3. The largest absolute Gasteiger partial charge is 0.493 e. The van der Waals surface area contributed by atoms with Crippen LogP contribution in [0.4, 0.5) is 0 Å². The molecule has 0 heterocycles. The third kappa shape index (κ3) is 5.25. The maximum absolute atomic E-state index is 12.3. The van der Waals surface area contributed by atoms with Crippen LogP contribution in [-0.2, 0) is 16.0 Å². The van der Waals surface area contributed by atoms with E-state index in [1.165, 1.54) is 20.6 Å².